The van der Waals surface area contributed by atoms with Gasteiger partial charge in [0.2, 0.25) is 0 Å². The van der Waals surface area contributed by atoms with Gasteiger partial charge in [-0.25, -0.2) is 4.98 Å². The Balaban J connectivity index is 1.61. The van der Waals surface area contributed by atoms with Crippen LogP contribution < -0.4 is 5.32 Å². The molecule has 2 nitrogen and oxygen atoms in total. The highest BCUT2D eigenvalue weighted by atomic mass is 35.5. The molecular formula is C21H13ClN2S3. The van der Waals surface area contributed by atoms with Crippen molar-refractivity contribution in [3.8, 4) is 0 Å². The largest absolute Gasteiger partial charge is 0.348 e. The summed E-state index contributed by atoms with van der Waals surface area (Å²) < 4.78 is 1.20. The molecule has 5 rings (SSSR count). The predicted octanol–water partition coefficient (Wildman–Crippen LogP) is 7.59. The highest BCUT2D eigenvalue weighted by molar-refractivity contribution is 8.11. The lowest BCUT2D eigenvalue weighted by Crippen LogP contribution is -1.93. The van der Waals surface area contributed by atoms with Gasteiger partial charge < -0.3 is 5.32 Å². The number of nitrogens with zero attached hydrogens (tertiary/aromatic N) is 1. The number of rotatable bonds is 3. The SMILES string of the molecule is Clc1ccc(S/C(=C2\Nc3ccccc3S2)c2nc3ccccc3s2)cc1. The van der Waals surface area contributed by atoms with Gasteiger partial charge in [0.25, 0.3) is 0 Å². The summed E-state index contributed by atoms with van der Waals surface area (Å²) in [7, 11) is 0. The summed E-state index contributed by atoms with van der Waals surface area (Å²) in [5, 5.41) is 6.46. The van der Waals surface area contributed by atoms with Crippen LogP contribution in [0.5, 0.6) is 0 Å². The number of hydrogen-bond acceptors (Lipinski definition) is 5. The van der Waals surface area contributed by atoms with Crippen molar-refractivity contribution >= 4 is 67.3 Å². The molecule has 3 aromatic carbocycles. The molecule has 27 heavy (non-hydrogen) atoms. The van der Waals surface area contributed by atoms with E-state index in [1.54, 1.807) is 34.9 Å². The molecule has 1 aromatic heterocycles. The third kappa shape index (κ3) is 3.48. The first kappa shape index (κ1) is 17.2. The van der Waals surface area contributed by atoms with Gasteiger partial charge in [0.05, 0.1) is 25.8 Å². The molecule has 1 aliphatic rings. The average Bonchev–Trinajstić information content (AvgIpc) is 3.31. The summed E-state index contributed by atoms with van der Waals surface area (Å²) in [6.45, 7) is 0. The lowest BCUT2D eigenvalue weighted by atomic mass is 10.3. The van der Waals surface area contributed by atoms with Gasteiger partial charge in [0, 0.05) is 14.8 Å². The second-order valence-corrected chi connectivity index (χ2v) is 9.53. The normalized spacial score (nSPS) is 14.9. The maximum atomic E-state index is 6.06. The van der Waals surface area contributed by atoms with E-state index in [0.29, 0.717) is 0 Å². The zero-order chi connectivity index (χ0) is 18.2. The maximum absolute atomic E-state index is 6.06. The number of fused-ring (bicyclic) bond motifs is 2. The lowest BCUT2D eigenvalue weighted by Gasteiger charge is -2.09. The second kappa shape index (κ2) is 7.24. The van der Waals surface area contributed by atoms with Crippen LogP contribution in [0, 0.1) is 0 Å². The van der Waals surface area contributed by atoms with E-state index in [1.807, 2.05) is 30.3 Å². The first-order valence-corrected chi connectivity index (χ1v) is 11.2. The van der Waals surface area contributed by atoms with Crippen LogP contribution in [-0.4, -0.2) is 4.98 Å². The Labute approximate surface area is 174 Å². The van der Waals surface area contributed by atoms with Crippen molar-refractivity contribution in [1.82, 2.24) is 4.98 Å². The molecule has 0 radical (unpaired) electrons. The molecule has 6 heteroatoms. The molecule has 0 saturated heterocycles. The van der Waals surface area contributed by atoms with E-state index in [1.165, 1.54) is 9.60 Å². The van der Waals surface area contributed by atoms with Gasteiger partial charge in [0.15, 0.2) is 0 Å². The molecular weight excluding hydrogens is 412 g/mol. The molecule has 0 amide bonds. The van der Waals surface area contributed by atoms with Crippen molar-refractivity contribution in [2.45, 2.75) is 9.79 Å². The number of thioether (sulfide) groups is 2. The van der Waals surface area contributed by atoms with Crippen LogP contribution in [0.15, 0.2) is 87.6 Å². The number of nitrogens with one attached hydrogen (secondary N) is 1. The number of halogens is 1. The van der Waals surface area contributed by atoms with Crippen LogP contribution in [-0.2, 0) is 0 Å². The van der Waals surface area contributed by atoms with Crippen LogP contribution in [0.25, 0.3) is 15.1 Å². The molecule has 1 aliphatic heterocycles. The van der Waals surface area contributed by atoms with Crippen LogP contribution in [0.3, 0.4) is 0 Å². The smallest absolute Gasteiger partial charge is 0.134 e. The Hall–Kier alpha value is -1.92. The molecule has 2 heterocycles. The Bertz CT molecular complexity index is 1110. The van der Waals surface area contributed by atoms with E-state index in [0.717, 1.165) is 36.1 Å². The van der Waals surface area contributed by atoms with E-state index in [2.05, 4.69) is 47.8 Å². The van der Waals surface area contributed by atoms with Crippen LogP contribution in [0.1, 0.15) is 5.01 Å². The van der Waals surface area contributed by atoms with E-state index in [-0.39, 0.29) is 0 Å². The minimum absolute atomic E-state index is 0.745. The van der Waals surface area contributed by atoms with Gasteiger partial charge >= 0.3 is 0 Å². The van der Waals surface area contributed by atoms with Crippen molar-refractivity contribution in [2.75, 3.05) is 5.32 Å². The fraction of sp³-hybridized carbons (Fsp3) is 0. The second-order valence-electron chi connectivity index (χ2n) is 5.92. The standard InChI is InChI=1S/C21H13ClN2S3/c22-13-9-11-14(12-10-13)25-19(20-23-15-5-1-3-7-17(15)26-20)21-24-16-6-2-4-8-18(16)27-21/h1-12,23H/b20-19+. The van der Waals surface area contributed by atoms with Crippen molar-refractivity contribution in [1.29, 1.82) is 0 Å². The minimum Gasteiger partial charge on any atom is -0.348 e. The number of hydrogen-bond donors (Lipinski definition) is 1. The molecule has 0 spiro atoms. The van der Waals surface area contributed by atoms with Crippen molar-refractivity contribution in [3.05, 3.63) is 87.9 Å². The quantitative estimate of drug-likeness (QED) is 0.342. The third-order valence-corrected chi connectivity index (χ3v) is 7.84. The Morgan fingerprint density at radius 3 is 2.52 bits per heavy atom. The zero-order valence-electron chi connectivity index (χ0n) is 14.0. The topological polar surface area (TPSA) is 24.9 Å². The molecule has 1 N–H and O–H groups in total. The molecule has 0 atom stereocenters. The Morgan fingerprint density at radius 1 is 0.926 bits per heavy atom. The molecule has 0 unspecified atom stereocenters. The summed E-state index contributed by atoms with van der Waals surface area (Å²) in [6, 6.07) is 24.6. The number of anilines is 1. The van der Waals surface area contributed by atoms with Gasteiger partial charge in [-0.05, 0) is 48.5 Å². The van der Waals surface area contributed by atoms with E-state index >= 15 is 0 Å². The molecule has 0 aliphatic carbocycles. The molecule has 4 aromatic rings. The van der Waals surface area contributed by atoms with Gasteiger partial charge in [-0.2, -0.15) is 0 Å². The number of para-hydroxylation sites is 2. The number of thiazole rings is 1. The highest BCUT2D eigenvalue weighted by Crippen LogP contribution is 2.49. The molecule has 0 saturated carbocycles. The maximum Gasteiger partial charge on any atom is 0.134 e. The molecule has 0 fully saturated rings. The Kier molecular flexibility index (Phi) is 4.61. The fourth-order valence-electron chi connectivity index (χ4n) is 2.80. The van der Waals surface area contributed by atoms with E-state index in [4.69, 9.17) is 16.6 Å². The molecule has 132 valence electrons. The lowest BCUT2D eigenvalue weighted by molar-refractivity contribution is 1.43. The van der Waals surface area contributed by atoms with Crippen molar-refractivity contribution in [3.63, 3.8) is 0 Å². The number of benzene rings is 3. The van der Waals surface area contributed by atoms with Gasteiger partial charge in [-0.3, -0.25) is 0 Å². The fourth-order valence-corrected chi connectivity index (χ4v) is 6.13. The van der Waals surface area contributed by atoms with Crippen molar-refractivity contribution < 1.29 is 0 Å². The van der Waals surface area contributed by atoms with Gasteiger partial charge in [-0.1, -0.05) is 59.4 Å². The summed E-state index contributed by atoms with van der Waals surface area (Å²) in [5.41, 5.74) is 2.18. The summed E-state index contributed by atoms with van der Waals surface area (Å²) in [5.74, 6) is 0. The summed E-state index contributed by atoms with van der Waals surface area (Å²) in [4.78, 5) is 8.41. The van der Waals surface area contributed by atoms with Crippen LogP contribution in [0.2, 0.25) is 5.02 Å². The minimum atomic E-state index is 0.745. The van der Waals surface area contributed by atoms with Crippen LogP contribution in [0.4, 0.5) is 5.69 Å². The predicted molar refractivity (Wildman–Crippen MR) is 120 cm³/mol. The van der Waals surface area contributed by atoms with Gasteiger partial charge in [0.1, 0.15) is 5.01 Å². The van der Waals surface area contributed by atoms with Crippen molar-refractivity contribution in [2.24, 2.45) is 0 Å². The molecule has 0 bridgehead atoms. The first-order valence-electron chi connectivity index (χ1n) is 8.34. The summed E-state index contributed by atoms with van der Waals surface area (Å²) >= 11 is 11.3. The van der Waals surface area contributed by atoms with Crippen LogP contribution >= 0.6 is 46.5 Å². The monoisotopic (exact) mass is 424 g/mol. The van der Waals surface area contributed by atoms with E-state index in [9.17, 15) is 0 Å². The Morgan fingerprint density at radius 2 is 1.70 bits per heavy atom. The zero-order valence-corrected chi connectivity index (χ0v) is 17.2. The highest BCUT2D eigenvalue weighted by Gasteiger charge is 2.23. The summed E-state index contributed by atoms with van der Waals surface area (Å²) in [6.07, 6.45) is 0. The average molecular weight is 425 g/mol. The van der Waals surface area contributed by atoms with Gasteiger partial charge in [-0.15, -0.1) is 11.3 Å². The first-order chi connectivity index (χ1) is 13.3. The van der Waals surface area contributed by atoms with E-state index < -0.39 is 0 Å². The third-order valence-electron chi connectivity index (χ3n) is 4.08. The number of aromatic nitrogens is 1.